The number of halogens is 4. The van der Waals surface area contributed by atoms with Gasteiger partial charge in [-0.25, -0.2) is 17.5 Å². The number of aromatic nitrogens is 2. The van der Waals surface area contributed by atoms with Crippen molar-refractivity contribution in [3.05, 3.63) is 60.0 Å². The van der Waals surface area contributed by atoms with E-state index in [0.29, 0.717) is 4.68 Å². The van der Waals surface area contributed by atoms with E-state index in [1.807, 2.05) is 0 Å². The Bertz CT molecular complexity index is 1200. The van der Waals surface area contributed by atoms with Gasteiger partial charge < -0.3 is 5.73 Å². The number of nitrogens with two attached hydrogens (primary N) is 1. The fourth-order valence-corrected chi connectivity index (χ4v) is 3.59. The van der Waals surface area contributed by atoms with E-state index >= 15 is 0 Å². The zero-order valence-corrected chi connectivity index (χ0v) is 16.3. The van der Waals surface area contributed by atoms with Crippen molar-refractivity contribution in [3.8, 4) is 22.4 Å². The number of carbonyl (C=O) groups excluding carboxylic acids is 1. The van der Waals surface area contributed by atoms with Crippen LogP contribution >= 0.6 is 0 Å². The van der Waals surface area contributed by atoms with Crippen LogP contribution in [0.1, 0.15) is 5.69 Å². The van der Waals surface area contributed by atoms with Gasteiger partial charge in [-0.05, 0) is 42.0 Å². The molecule has 3 aromatic rings. The van der Waals surface area contributed by atoms with Crippen LogP contribution in [-0.4, -0.2) is 30.4 Å². The molecule has 0 bridgehead atoms. The summed E-state index contributed by atoms with van der Waals surface area (Å²) in [5, 5.41) is 3.92. The molecule has 1 aromatic heterocycles. The van der Waals surface area contributed by atoms with Crippen LogP contribution in [0.15, 0.2) is 53.4 Å². The molecule has 0 saturated heterocycles. The zero-order chi connectivity index (χ0) is 22.3. The minimum absolute atomic E-state index is 0.0183. The molecule has 30 heavy (non-hydrogen) atoms. The molecule has 0 saturated carbocycles. The van der Waals surface area contributed by atoms with Gasteiger partial charge >= 0.3 is 6.18 Å². The summed E-state index contributed by atoms with van der Waals surface area (Å²) in [6.07, 6.45) is -3.94. The molecule has 0 radical (unpaired) electrons. The van der Waals surface area contributed by atoms with Crippen LogP contribution < -0.4 is 5.73 Å². The highest BCUT2D eigenvalue weighted by atomic mass is 32.2. The molecule has 3 rings (SSSR count). The van der Waals surface area contributed by atoms with E-state index < -0.39 is 40.0 Å². The first-order valence-electron chi connectivity index (χ1n) is 8.40. The van der Waals surface area contributed by atoms with E-state index in [4.69, 9.17) is 5.73 Å². The summed E-state index contributed by atoms with van der Waals surface area (Å²) >= 11 is 0. The van der Waals surface area contributed by atoms with Crippen molar-refractivity contribution < 1.29 is 30.8 Å². The Morgan fingerprint density at radius 1 is 1.03 bits per heavy atom. The average Bonchev–Trinajstić information content (AvgIpc) is 3.00. The maximum atomic E-state index is 13.9. The summed E-state index contributed by atoms with van der Waals surface area (Å²) in [7, 11) is -3.56. The van der Waals surface area contributed by atoms with E-state index in [0.717, 1.165) is 18.4 Å². The Hall–Kier alpha value is -3.21. The lowest BCUT2D eigenvalue weighted by Gasteiger charge is -2.12. The lowest BCUT2D eigenvalue weighted by atomic mass is 9.98. The van der Waals surface area contributed by atoms with Gasteiger partial charge in [0.15, 0.2) is 15.5 Å². The van der Waals surface area contributed by atoms with Crippen molar-refractivity contribution >= 4 is 15.7 Å². The third-order valence-electron chi connectivity index (χ3n) is 4.22. The molecule has 1 amide bonds. The minimum Gasteiger partial charge on any atom is -0.368 e. The van der Waals surface area contributed by atoms with Crippen molar-refractivity contribution in [1.29, 1.82) is 0 Å². The summed E-state index contributed by atoms with van der Waals surface area (Å²) in [5.74, 6) is -1.63. The number of sulfone groups is 1. The number of primary amides is 1. The largest absolute Gasteiger partial charge is 0.433 e. The monoisotopic (exact) mass is 441 g/mol. The number of alkyl halides is 3. The number of nitrogens with zero attached hydrogens (tertiary/aromatic N) is 2. The summed E-state index contributed by atoms with van der Waals surface area (Å²) < 4.78 is 78.9. The summed E-state index contributed by atoms with van der Waals surface area (Å²) in [6.45, 7) is -0.829. The summed E-state index contributed by atoms with van der Waals surface area (Å²) in [6, 6.07) is 9.39. The first kappa shape index (κ1) is 21.5. The lowest BCUT2D eigenvalue weighted by molar-refractivity contribution is -0.144. The standard InChI is InChI=1S/C19H15F4N3O3S/c1-30(28,29)14-8-4-11(5-9-14)16-17(12-2-6-13(20)7-3-12)25-26(10-15(24)27)18(16)19(21,22)23/h2-9H,10H2,1H3,(H2,24,27). The molecular weight excluding hydrogens is 426 g/mol. The SMILES string of the molecule is CS(=O)(=O)c1ccc(-c2c(-c3ccc(F)cc3)nn(CC(N)=O)c2C(F)(F)F)cc1. The van der Waals surface area contributed by atoms with Crippen molar-refractivity contribution in [2.45, 2.75) is 17.6 Å². The van der Waals surface area contributed by atoms with Crippen LogP contribution in [0.25, 0.3) is 22.4 Å². The second-order valence-corrected chi connectivity index (χ2v) is 8.51. The third kappa shape index (κ3) is 4.35. The maximum absolute atomic E-state index is 13.9. The molecule has 0 aliphatic heterocycles. The quantitative estimate of drug-likeness (QED) is 0.615. The van der Waals surface area contributed by atoms with Crippen molar-refractivity contribution in [2.24, 2.45) is 5.73 Å². The van der Waals surface area contributed by atoms with Crippen LogP contribution in [0.3, 0.4) is 0 Å². The molecule has 1 heterocycles. The molecule has 11 heteroatoms. The molecular formula is C19H15F4N3O3S. The minimum atomic E-state index is -4.91. The van der Waals surface area contributed by atoms with Gasteiger partial charge in [0.2, 0.25) is 5.91 Å². The summed E-state index contributed by atoms with van der Waals surface area (Å²) in [4.78, 5) is 11.2. The van der Waals surface area contributed by atoms with Crippen LogP contribution in [0.2, 0.25) is 0 Å². The Labute approximate surface area is 168 Å². The topological polar surface area (TPSA) is 95.1 Å². The molecule has 0 aliphatic carbocycles. The Kier molecular flexibility index (Phi) is 5.42. The van der Waals surface area contributed by atoms with Gasteiger partial charge in [0, 0.05) is 17.4 Å². The van der Waals surface area contributed by atoms with Crippen LogP contribution in [0, 0.1) is 5.82 Å². The first-order valence-corrected chi connectivity index (χ1v) is 10.3. The maximum Gasteiger partial charge on any atom is 0.433 e. The predicted octanol–water partition coefficient (Wildman–Crippen LogP) is 3.26. The van der Waals surface area contributed by atoms with E-state index in [1.54, 1.807) is 0 Å². The van der Waals surface area contributed by atoms with E-state index in [1.165, 1.54) is 36.4 Å². The Morgan fingerprint density at radius 3 is 2.03 bits per heavy atom. The predicted molar refractivity (Wildman–Crippen MR) is 100 cm³/mol. The highest BCUT2D eigenvalue weighted by Gasteiger charge is 2.41. The molecule has 2 aromatic carbocycles. The van der Waals surface area contributed by atoms with E-state index in [9.17, 15) is 30.8 Å². The van der Waals surface area contributed by atoms with Gasteiger partial charge in [-0.3, -0.25) is 4.79 Å². The highest BCUT2D eigenvalue weighted by molar-refractivity contribution is 7.90. The highest BCUT2D eigenvalue weighted by Crippen LogP contribution is 2.42. The number of hydrogen-bond donors (Lipinski definition) is 1. The van der Waals surface area contributed by atoms with Gasteiger partial charge in [0.25, 0.3) is 0 Å². The summed E-state index contributed by atoms with van der Waals surface area (Å²) in [5.41, 5.74) is 3.50. The lowest BCUT2D eigenvalue weighted by Crippen LogP contribution is -2.24. The van der Waals surface area contributed by atoms with Gasteiger partial charge in [-0.15, -0.1) is 0 Å². The fraction of sp³-hybridized carbons (Fsp3) is 0.158. The number of amides is 1. The van der Waals surface area contributed by atoms with E-state index in [-0.39, 0.29) is 27.3 Å². The van der Waals surface area contributed by atoms with Crippen molar-refractivity contribution in [2.75, 3.05) is 6.26 Å². The van der Waals surface area contributed by atoms with Gasteiger partial charge in [0.05, 0.1) is 4.90 Å². The van der Waals surface area contributed by atoms with Crippen LogP contribution in [0.5, 0.6) is 0 Å². The Balaban J connectivity index is 2.33. The van der Waals surface area contributed by atoms with Gasteiger partial charge in [0.1, 0.15) is 18.1 Å². The van der Waals surface area contributed by atoms with Crippen molar-refractivity contribution in [3.63, 3.8) is 0 Å². The molecule has 0 spiro atoms. The number of hydrogen-bond acceptors (Lipinski definition) is 4. The normalized spacial score (nSPS) is 12.2. The van der Waals surface area contributed by atoms with E-state index in [2.05, 4.69) is 5.10 Å². The number of carbonyl (C=O) groups is 1. The van der Waals surface area contributed by atoms with Crippen LogP contribution in [0.4, 0.5) is 17.6 Å². The molecule has 2 N–H and O–H groups in total. The molecule has 158 valence electrons. The molecule has 0 unspecified atom stereocenters. The average molecular weight is 441 g/mol. The van der Waals surface area contributed by atoms with Gasteiger partial charge in [-0.2, -0.15) is 18.3 Å². The molecule has 0 fully saturated rings. The molecule has 6 nitrogen and oxygen atoms in total. The molecule has 0 aliphatic rings. The van der Waals surface area contributed by atoms with Gasteiger partial charge in [-0.1, -0.05) is 12.1 Å². The van der Waals surface area contributed by atoms with Crippen LogP contribution in [-0.2, 0) is 27.4 Å². The smallest absolute Gasteiger partial charge is 0.368 e. The second kappa shape index (κ2) is 7.56. The Morgan fingerprint density at radius 2 is 1.57 bits per heavy atom. The molecule has 0 atom stereocenters. The van der Waals surface area contributed by atoms with Crippen molar-refractivity contribution in [1.82, 2.24) is 9.78 Å². The number of benzene rings is 2. The first-order chi connectivity index (χ1) is 13.9. The third-order valence-corrected chi connectivity index (χ3v) is 5.34. The number of rotatable bonds is 5. The zero-order valence-electron chi connectivity index (χ0n) is 15.4. The second-order valence-electron chi connectivity index (χ2n) is 6.50. The fourth-order valence-electron chi connectivity index (χ4n) is 2.96.